The lowest BCUT2D eigenvalue weighted by Crippen LogP contribution is -2.04. The predicted octanol–water partition coefficient (Wildman–Crippen LogP) is 2.89. The zero-order valence-electron chi connectivity index (χ0n) is 11.7. The van der Waals surface area contributed by atoms with Crippen LogP contribution in [0.4, 0.5) is 0 Å². The van der Waals surface area contributed by atoms with E-state index < -0.39 is 5.63 Å². The molecule has 2 aromatic heterocycles. The molecule has 0 fully saturated rings. The zero-order valence-corrected chi connectivity index (χ0v) is 13.3. The fraction of sp³-hybridized carbons (Fsp3) is 0.154. The summed E-state index contributed by atoms with van der Waals surface area (Å²) in [5, 5.41) is 7.24. The van der Waals surface area contributed by atoms with E-state index in [0.717, 1.165) is 15.2 Å². The molecule has 2 heterocycles. The highest BCUT2D eigenvalue weighted by Crippen LogP contribution is 2.34. The van der Waals surface area contributed by atoms with Crippen LogP contribution in [0.1, 0.15) is 0 Å². The summed E-state index contributed by atoms with van der Waals surface area (Å²) >= 11 is 2.35. The van der Waals surface area contributed by atoms with E-state index >= 15 is 0 Å². The van der Waals surface area contributed by atoms with Gasteiger partial charge in [-0.25, -0.2) is 9.78 Å². The van der Waals surface area contributed by atoms with Gasteiger partial charge in [0.05, 0.1) is 14.2 Å². The van der Waals surface area contributed by atoms with Crippen LogP contribution in [0, 0.1) is 0 Å². The molecule has 3 aromatic rings. The first-order valence-corrected chi connectivity index (χ1v) is 7.60. The molecule has 22 heavy (non-hydrogen) atoms. The maximum absolute atomic E-state index is 12.1. The largest absolute Gasteiger partial charge is 0.422 e. The van der Waals surface area contributed by atoms with Crippen molar-refractivity contribution in [3.8, 4) is 11.4 Å². The number of hydrogen-bond donors (Lipinski definition) is 1. The Bertz CT molecular complexity index is 848. The number of benzene rings is 1. The number of nitrogens with zero attached hydrogens (tertiary/aromatic N) is 2. The molecule has 0 unspecified atom stereocenters. The van der Waals surface area contributed by atoms with Crippen LogP contribution >= 0.6 is 24.1 Å². The van der Waals surface area contributed by atoms with E-state index in [-0.39, 0.29) is 0 Å². The third-order valence-corrected chi connectivity index (χ3v) is 4.08. The van der Waals surface area contributed by atoms with Gasteiger partial charge in [-0.2, -0.15) is 5.10 Å². The third-order valence-electron chi connectivity index (χ3n) is 2.80. The minimum Gasteiger partial charge on any atom is -0.422 e. The predicted molar refractivity (Wildman–Crippen MR) is 83.6 cm³/mol. The lowest BCUT2D eigenvalue weighted by atomic mass is 10.2. The van der Waals surface area contributed by atoms with Gasteiger partial charge in [0, 0.05) is 39.3 Å². The molecule has 0 saturated carbocycles. The summed E-state index contributed by atoms with van der Waals surface area (Å²) in [4.78, 5) is 17.7. The Hall–Kier alpha value is -1.81. The van der Waals surface area contributed by atoms with Gasteiger partial charge in [0.15, 0.2) is 5.82 Å². The topological polar surface area (TPSA) is 90.2 Å². The number of fused-ring (bicyclic) bond motifs is 1. The van der Waals surface area contributed by atoms with Crippen molar-refractivity contribution in [3.63, 3.8) is 0 Å². The number of rotatable bonds is 5. The highest BCUT2D eigenvalue weighted by Gasteiger charge is 2.15. The van der Waals surface area contributed by atoms with Crippen LogP contribution in [0.2, 0.25) is 0 Å². The van der Waals surface area contributed by atoms with E-state index in [1.807, 2.05) is 6.07 Å². The molecule has 9 heteroatoms. The van der Waals surface area contributed by atoms with Crippen molar-refractivity contribution >= 4 is 35.1 Å². The van der Waals surface area contributed by atoms with Crippen molar-refractivity contribution in [1.29, 1.82) is 0 Å². The molecule has 0 aliphatic carbocycles. The summed E-state index contributed by atoms with van der Waals surface area (Å²) in [6.07, 6.45) is 1.40. The highest BCUT2D eigenvalue weighted by atomic mass is 32.2. The minimum absolute atomic E-state index is 0.291. The number of H-pyrrole nitrogens is 1. The summed E-state index contributed by atoms with van der Waals surface area (Å²) in [7, 11) is 3.14. The van der Waals surface area contributed by atoms with Crippen LogP contribution < -0.4 is 5.63 Å². The number of aromatic nitrogens is 3. The lowest BCUT2D eigenvalue weighted by Gasteiger charge is -2.07. The molecule has 1 N–H and O–H groups in total. The van der Waals surface area contributed by atoms with Crippen molar-refractivity contribution < 1.29 is 12.8 Å². The van der Waals surface area contributed by atoms with E-state index in [2.05, 4.69) is 15.2 Å². The average molecular weight is 337 g/mol. The Morgan fingerprint density at radius 1 is 1.18 bits per heavy atom. The molecule has 0 bridgehead atoms. The number of hydrogen-bond acceptors (Lipinski definition) is 8. The Morgan fingerprint density at radius 3 is 2.68 bits per heavy atom. The second-order valence-electron chi connectivity index (χ2n) is 4.10. The van der Waals surface area contributed by atoms with Crippen LogP contribution in [0.25, 0.3) is 22.4 Å². The molecule has 0 aliphatic heterocycles. The fourth-order valence-corrected chi connectivity index (χ4v) is 3.15. The Labute approximate surface area is 133 Å². The summed E-state index contributed by atoms with van der Waals surface area (Å²) in [5.74, 6) is 0.291. The third kappa shape index (κ3) is 2.88. The molecule has 0 aliphatic rings. The monoisotopic (exact) mass is 337 g/mol. The summed E-state index contributed by atoms with van der Waals surface area (Å²) < 4.78 is 15.6. The van der Waals surface area contributed by atoms with Crippen LogP contribution in [-0.4, -0.2) is 29.4 Å². The first-order valence-electron chi connectivity index (χ1n) is 6.12. The van der Waals surface area contributed by atoms with Crippen LogP contribution in [-0.2, 0) is 8.37 Å². The first-order chi connectivity index (χ1) is 10.7. The van der Waals surface area contributed by atoms with Gasteiger partial charge in [-0.05, 0) is 18.2 Å². The Balaban J connectivity index is 2.24. The average Bonchev–Trinajstić information content (AvgIpc) is 3.01. The Kier molecular flexibility index (Phi) is 4.48. The molecule has 1 aromatic carbocycles. The normalized spacial score (nSPS) is 11.2. The number of aromatic amines is 1. The quantitative estimate of drug-likeness (QED) is 0.561. The van der Waals surface area contributed by atoms with Crippen LogP contribution in [0.5, 0.6) is 0 Å². The first kappa shape index (κ1) is 15.1. The SMILES string of the molecule is COSc1cc(SOC)c2cc(-c3nc[nH]n3)c(=O)oc2c1. The fourth-order valence-electron chi connectivity index (χ4n) is 1.96. The van der Waals surface area contributed by atoms with Crippen molar-refractivity contribution in [2.45, 2.75) is 9.79 Å². The van der Waals surface area contributed by atoms with E-state index in [1.165, 1.54) is 30.4 Å². The van der Waals surface area contributed by atoms with Crippen molar-refractivity contribution in [1.82, 2.24) is 15.2 Å². The van der Waals surface area contributed by atoms with Gasteiger partial charge < -0.3 is 12.8 Å². The van der Waals surface area contributed by atoms with Crippen molar-refractivity contribution in [2.75, 3.05) is 14.2 Å². The van der Waals surface area contributed by atoms with E-state index in [1.54, 1.807) is 26.4 Å². The van der Waals surface area contributed by atoms with Crippen LogP contribution in [0.3, 0.4) is 0 Å². The minimum atomic E-state index is -0.500. The van der Waals surface area contributed by atoms with E-state index in [9.17, 15) is 4.79 Å². The summed E-state index contributed by atoms with van der Waals surface area (Å²) in [5.41, 5.74) is 0.241. The van der Waals surface area contributed by atoms with Gasteiger partial charge in [0.25, 0.3) is 0 Å². The van der Waals surface area contributed by atoms with Crippen LogP contribution in [0.15, 0.2) is 43.5 Å². The standard InChI is InChI=1S/C13H11N3O4S2/c1-18-21-7-3-10-8(11(4-7)22-19-2)5-9(13(17)20-10)12-14-6-15-16-12/h3-6H,1-2H3,(H,14,15,16). The van der Waals surface area contributed by atoms with Gasteiger partial charge in [-0.3, -0.25) is 5.10 Å². The highest BCUT2D eigenvalue weighted by molar-refractivity contribution is 7.95. The molecule has 3 rings (SSSR count). The maximum Gasteiger partial charge on any atom is 0.347 e. The van der Waals surface area contributed by atoms with Crippen molar-refractivity contribution in [2.24, 2.45) is 0 Å². The van der Waals surface area contributed by atoms with Gasteiger partial charge in [-0.15, -0.1) is 0 Å². The van der Waals surface area contributed by atoms with Gasteiger partial charge in [0.2, 0.25) is 0 Å². The molecule has 7 nitrogen and oxygen atoms in total. The number of nitrogens with one attached hydrogen (secondary N) is 1. The lowest BCUT2D eigenvalue weighted by molar-refractivity contribution is 0.488. The molecule has 0 radical (unpaired) electrons. The second kappa shape index (κ2) is 6.53. The smallest absolute Gasteiger partial charge is 0.347 e. The van der Waals surface area contributed by atoms with Crippen molar-refractivity contribution in [3.05, 3.63) is 34.9 Å². The van der Waals surface area contributed by atoms with E-state index in [0.29, 0.717) is 17.0 Å². The molecule has 0 atom stereocenters. The Morgan fingerprint density at radius 2 is 2.00 bits per heavy atom. The molecular weight excluding hydrogens is 326 g/mol. The maximum atomic E-state index is 12.1. The molecule has 0 spiro atoms. The summed E-state index contributed by atoms with van der Waals surface area (Å²) in [6, 6.07) is 5.34. The molecule has 114 valence electrons. The second-order valence-corrected chi connectivity index (χ2v) is 6.01. The van der Waals surface area contributed by atoms with Gasteiger partial charge >= 0.3 is 5.63 Å². The molecule has 0 saturated heterocycles. The van der Waals surface area contributed by atoms with Gasteiger partial charge in [0.1, 0.15) is 17.5 Å². The molecular formula is C13H11N3O4S2. The van der Waals surface area contributed by atoms with E-state index in [4.69, 9.17) is 12.8 Å². The zero-order chi connectivity index (χ0) is 15.5. The summed E-state index contributed by atoms with van der Waals surface area (Å²) in [6.45, 7) is 0. The van der Waals surface area contributed by atoms with Gasteiger partial charge in [-0.1, -0.05) is 0 Å². The molecule has 0 amide bonds.